The van der Waals surface area contributed by atoms with Crippen LogP contribution in [0.3, 0.4) is 0 Å². The maximum Gasteiger partial charge on any atom is 0.269 e. The molecule has 0 unspecified atom stereocenters. The molecule has 2 N–H and O–H groups in total. The number of ether oxygens (including phenoxy) is 3. The van der Waals surface area contributed by atoms with Crippen molar-refractivity contribution >= 4 is 28.3 Å². The van der Waals surface area contributed by atoms with Crippen molar-refractivity contribution in [2.24, 2.45) is 0 Å². The van der Waals surface area contributed by atoms with Gasteiger partial charge in [-0.15, -0.1) is 0 Å². The number of rotatable bonds is 6. The molecule has 32 heavy (non-hydrogen) atoms. The first-order valence-corrected chi connectivity index (χ1v) is 9.62. The van der Waals surface area contributed by atoms with Gasteiger partial charge in [-0.1, -0.05) is 0 Å². The summed E-state index contributed by atoms with van der Waals surface area (Å²) in [7, 11) is 0. The summed E-state index contributed by atoms with van der Waals surface area (Å²) >= 11 is 0. The van der Waals surface area contributed by atoms with Crippen LogP contribution in [0.4, 0.5) is 11.5 Å². The zero-order chi connectivity index (χ0) is 22.1. The van der Waals surface area contributed by atoms with Crippen LogP contribution >= 0.6 is 0 Å². The van der Waals surface area contributed by atoms with Crippen molar-refractivity contribution in [2.45, 2.75) is 6.61 Å². The molecule has 3 aromatic carbocycles. The number of nitro groups is 1. The number of H-pyrrole nitrogens is 1. The topological polar surface area (TPSA) is 129 Å². The first-order chi connectivity index (χ1) is 15.6. The summed E-state index contributed by atoms with van der Waals surface area (Å²) < 4.78 is 16.4. The minimum absolute atomic E-state index is 0.0245. The van der Waals surface area contributed by atoms with E-state index in [9.17, 15) is 14.9 Å². The summed E-state index contributed by atoms with van der Waals surface area (Å²) in [4.78, 5) is 23.0. The number of fused-ring (bicyclic) bond motifs is 2. The van der Waals surface area contributed by atoms with Crippen LogP contribution in [0.25, 0.3) is 10.9 Å². The maximum absolute atomic E-state index is 12.7. The van der Waals surface area contributed by atoms with Crippen molar-refractivity contribution in [1.82, 2.24) is 10.2 Å². The first kappa shape index (κ1) is 19.4. The van der Waals surface area contributed by atoms with Crippen LogP contribution < -0.4 is 19.5 Å². The molecule has 0 saturated heterocycles. The standard InChI is InChI=1S/C22H16N4O6/c27-22(14-3-8-19-20(9-14)32-12-31-19)23-21-17-10-16(6-7-18(17)24-25-21)30-11-13-1-4-15(5-2-13)26(28)29/h1-10H,11-12H2,(H2,23,24,25,27). The number of nitrogens with one attached hydrogen (secondary N) is 2. The van der Waals surface area contributed by atoms with E-state index in [-0.39, 0.29) is 25.0 Å². The van der Waals surface area contributed by atoms with Crippen molar-refractivity contribution in [3.8, 4) is 17.2 Å². The van der Waals surface area contributed by atoms with E-state index in [4.69, 9.17) is 14.2 Å². The summed E-state index contributed by atoms with van der Waals surface area (Å²) in [6.07, 6.45) is 0. The highest BCUT2D eigenvalue weighted by Gasteiger charge is 2.18. The Morgan fingerprint density at radius 1 is 1.09 bits per heavy atom. The molecule has 10 heteroatoms. The number of hydrogen-bond acceptors (Lipinski definition) is 7. The normalized spacial score (nSPS) is 12.0. The summed E-state index contributed by atoms with van der Waals surface area (Å²) in [6, 6.07) is 16.4. The minimum Gasteiger partial charge on any atom is -0.489 e. The van der Waals surface area contributed by atoms with Crippen LogP contribution in [-0.4, -0.2) is 27.8 Å². The van der Waals surface area contributed by atoms with E-state index in [1.165, 1.54) is 12.1 Å². The Labute approximate surface area is 180 Å². The molecule has 5 rings (SSSR count). The third-order valence-electron chi connectivity index (χ3n) is 4.95. The quantitative estimate of drug-likeness (QED) is 0.348. The summed E-state index contributed by atoms with van der Waals surface area (Å²) in [5.41, 5.74) is 1.96. The zero-order valence-corrected chi connectivity index (χ0v) is 16.5. The molecular weight excluding hydrogens is 416 g/mol. The smallest absolute Gasteiger partial charge is 0.269 e. The van der Waals surface area contributed by atoms with Gasteiger partial charge in [0.05, 0.1) is 10.4 Å². The Balaban J connectivity index is 1.31. The van der Waals surface area contributed by atoms with Crippen LogP contribution in [0.5, 0.6) is 17.2 Å². The molecule has 2 heterocycles. The fourth-order valence-electron chi connectivity index (χ4n) is 3.28. The molecule has 0 radical (unpaired) electrons. The molecule has 10 nitrogen and oxygen atoms in total. The number of nitrogens with zero attached hydrogens (tertiary/aromatic N) is 2. The van der Waals surface area contributed by atoms with Crippen molar-refractivity contribution in [3.05, 3.63) is 81.9 Å². The van der Waals surface area contributed by atoms with Gasteiger partial charge in [-0.05, 0) is 54.1 Å². The van der Waals surface area contributed by atoms with E-state index in [1.54, 1.807) is 48.5 Å². The first-order valence-electron chi connectivity index (χ1n) is 9.62. The largest absolute Gasteiger partial charge is 0.489 e. The van der Waals surface area contributed by atoms with Crippen LogP contribution in [-0.2, 0) is 6.61 Å². The van der Waals surface area contributed by atoms with Gasteiger partial charge in [0.15, 0.2) is 17.3 Å². The van der Waals surface area contributed by atoms with Crippen molar-refractivity contribution in [3.63, 3.8) is 0 Å². The van der Waals surface area contributed by atoms with Crippen LogP contribution in [0.15, 0.2) is 60.7 Å². The highest BCUT2D eigenvalue weighted by Crippen LogP contribution is 2.33. The van der Waals surface area contributed by atoms with Gasteiger partial charge in [0.1, 0.15) is 12.4 Å². The highest BCUT2D eigenvalue weighted by atomic mass is 16.7. The number of amides is 1. The third-order valence-corrected chi connectivity index (χ3v) is 4.95. The summed E-state index contributed by atoms with van der Waals surface area (Å²) in [5, 5.41) is 21.3. The van der Waals surface area contributed by atoms with Gasteiger partial charge in [0.2, 0.25) is 6.79 Å². The molecule has 1 amide bonds. The Morgan fingerprint density at radius 3 is 2.72 bits per heavy atom. The number of aromatic amines is 1. The van der Waals surface area contributed by atoms with Crippen molar-refractivity contribution < 1.29 is 23.9 Å². The van der Waals surface area contributed by atoms with Crippen LogP contribution in [0, 0.1) is 10.1 Å². The van der Waals surface area contributed by atoms with Crippen molar-refractivity contribution in [2.75, 3.05) is 12.1 Å². The lowest BCUT2D eigenvalue weighted by Gasteiger charge is -2.07. The third kappa shape index (κ3) is 3.76. The van der Waals surface area contributed by atoms with Gasteiger partial charge in [-0.3, -0.25) is 20.0 Å². The molecule has 0 fully saturated rings. The van der Waals surface area contributed by atoms with E-state index in [0.717, 1.165) is 11.1 Å². The van der Waals surface area contributed by atoms with Gasteiger partial charge in [0, 0.05) is 23.1 Å². The fourth-order valence-corrected chi connectivity index (χ4v) is 3.28. The van der Waals surface area contributed by atoms with Crippen LogP contribution in [0.1, 0.15) is 15.9 Å². The van der Waals surface area contributed by atoms with Crippen LogP contribution in [0.2, 0.25) is 0 Å². The number of benzene rings is 3. The van der Waals surface area contributed by atoms with Gasteiger partial charge in [-0.25, -0.2) is 0 Å². The Bertz CT molecular complexity index is 1330. The average molecular weight is 432 g/mol. The number of aromatic nitrogens is 2. The number of nitro benzene ring substituents is 1. The molecular formula is C22H16N4O6. The van der Waals surface area contributed by atoms with Gasteiger partial charge < -0.3 is 19.5 Å². The SMILES string of the molecule is O=C(Nc1n[nH]c2ccc(OCc3ccc([N+](=O)[O-])cc3)cc12)c1ccc2c(c1)OCO2. The molecule has 4 aromatic rings. The molecule has 1 aliphatic heterocycles. The Kier molecular flexibility index (Phi) is 4.79. The number of carbonyl (C=O) groups is 1. The predicted octanol–water partition coefficient (Wildman–Crippen LogP) is 4.03. The number of hydrogen-bond donors (Lipinski definition) is 2. The molecule has 0 atom stereocenters. The summed E-state index contributed by atoms with van der Waals surface area (Å²) in [6.45, 7) is 0.368. The monoisotopic (exact) mass is 432 g/mol. The zero-order valence-electron chi connectivity index (χ0n) is 16.5. The lowest BCUT2D eigenvalue weighted by molar-refractivity contribution is -0.384. The molecule has 1 aliphatic rings. The average Bonchev–Trinajstić information content (AvgIpc) is 3.44. The van der Waals surface area contributed by atoms with E-state index < -0.39 is 4.92 Å². The predicted molar refractivity (Wildman–Crippen MR) is 114 cm³/mol. The fraction of sp³-hybridized carbons (Fsp3) is 0.0909. The van der Waals surface area contributed by atoms with E-state index in [0.29, 0.717) is 34.0 Å². The van der Waals surface area contributed by atoms with E-state index in [2.05, 4.69) is 15.5 Å². The molecule has 0 saturated carbocycles. The Hall–Kier alpha value is -4.60. The molecule has 1 aromatic heterocycles. The number of anilines is 1. The summed E-state index contributed by atoms with van der Waals surface area (Å²) in [5.74, 6) is 1.71. The second-order valence-electron chi connectivity index (χ2n) is 7.01. The minimum atomic E-state index is -0.448. The lowest BCUT2D eigenvalue weighted by atomic mass is 10.2. The molecule has 0 spiro atoms. The van der Waals surface area contributed by atoms with Crippen molar-refractivity contribution in [1.29, 1.82) is 0 Å². The van der Waals surface area contributed by atoms with Gasteiger partial charge >= 0.3 is 0 Å². The van der Waals surface area contributed by atoms with E-state index >= 15 is 0 Å². The second-order valence-corrected chi connectivity index (χ2v) is 7.01. The lowest BCUT2D eigenvalue weighted by Crippen LogP contribution is -2.12. The van der Waals surface area contributed by atoms with Gasteiger partial charge in [0.25, 0.3) is 11.6 Å². The van der Waals surface area contributed by atoms with Gasteiger partial charge in [-0.2, -0.15) is 5.10 Å². The maximum atomic E-state index is 12.7. The molecule has 0 bridgehead atoms. The second kappa shape index (κ2) is 7.91. The number of carbonyl (C=O) groups excluding carboxylic acids is 1. The Morgan fingerprint density at radius 2 is 1.91 bits per heavy atom. The number of non-ortho nitro benzene ring substituents is 1. The molecule has 160 valence electrons. The molecule has 0 aliphatic carbocycles. The highest BCUT2D eigenvalue weighted by molar-refractivity contribution is 6.08. The van der Waals surface area contributed by atoms with E-state index in [1.807, 2.05) is 0 Å².